The summed E-state index contributed by atoms with van der Waals surface area (Å²) in [6.07, 6.45) is -0.806. The molecule has 5 rings (SSSR count). The molecule has 0 bridgehead atoms. The fourth-order valence-electron chi connectivity index (χ4n) is 9.00. The van der Waals surface area contributed by atoms with Crippen LogP contribution in [0.2, 0.25) is 0 Å². The first-order valence-electron chi connectivity index (χ1n) is 13.5. The lowest BCUT2D eigenvalue weighted by atomic mass is 9.45. The second-order valence-electron chi connectivity index (χ2n) is 13.9. The minimum atomic E-state index is -1.40. The number of fused-ring (bicyclic) bond motifs is 5. The Balaban J connectivity index is 1.50. The van der Waals surface area contributed by atoms with Crippen LogP contribution >= 0.6 is 0 Å². The Labute approximate surface area is 213 Å². The third kappa shape index (κ3) is 3.41. The SMILES string of the molecule is CC([C@H]1O[C@H]1[C@](C)(O)[C@H]1CC[C@@]2(O)C3=CC(=O)[C@@H]4C[C@@H](O)[C@@H](O)C[C@]4(C)[C@H]3[C@H](O)C[C@]12C)C(C)(C)O. The quantitative estimate of drug-likeness (QED) is 0.309. The second-order valence-corrected chi connectivity index (χ2v) is 13.9. The number of aliphatic hydroxyl groups is 6. The van der Waals surface area contributed by atoms with Crippen molar-refractivity contribution in [3.8, 4) is 0 Å². The summed E-state index contributed by atoms with van der Waals surface area (Å²) in [6, 6.07) is 0. The number of allylic oxidation sites excluding steroid dienone is 1. The molecule has 4 fully saturated rings. The molecule has 0 aromatic heterocycles. The van der Waals surface area contributed by atoms with Crippen molar-refractivity contribution in [2.45, 2.75) is 121 Å². The number of hydrogen-bond acceptors (Lipinski definition) is 8. The number of carbonyl (C=O) groups excluding carboxylic acids is 1. The zero-order valence-electron chi connectivity index (χ0n) is 22.3. The van der Waals surface area contributed by atoms with E-state index in [0.717, 1.165) is 0 Å². The molecule has 1 aliphatic heterocycles. The largest absolute Gasteiger partial charge is 0.392 e. The lowest BCUT2D eigenvalue weighted by molar-refractivity contribution is -0.185. The van der Waals surface area contributed by atoms with Gasteiger partial charge in [-0.15, -0.1) is 0 Å². The third-order valence-corrected chi connectivity index (χ3v) is 11.5. The van der Waals surface area contributed by atoms with Gasteiger partial charge in [0, 0.05) is 23.2 Å². The monoisotopic (exact) mass is 508 g/mol. The molecule has 0 aromatic carbocycles. The summed E-state index contributed by atoms with van der Waals surface area (Å²) in [5, 5.41) is 67.0. The standard InChI is InChI=1S/C28H44O8/c1-13(24(2,3)33)22-23(36-22)27(6,34)20-7-8-28(35)15-10-16(29)14-9-17(30)18(31)11-25(14,4)21(15)19(32)12-26(20,28)5/h10,13-14,17-23,30-35H,7-9,11-12H2,1-6H3/t13?,14-,17+,18-,19+,20-,21+,22+,23+,25-,26+,27+,28+/m0/s1. The molecule has 8 heteroatoms. The van der Waals surface area contributed by atoms with E-state index in [1.807, 2.05) is 20.8 Å². The minimum absolute atomic E-state index is 0.135. The summed E-state index contributed by atoms with van der Waals surface area (Å²) in [6.45, 7) is 10.9. The van der Waals surface area contributed by atoms with E-state index in [2.05, 4.69) is 0 Å². The van der Waals surface area contributed by atoms with E-state index < -0.39 is 69.8 Å². The number of ether oxygens (including phenoxy) is 1. The fraction of sp³-hybridized carbons (Fsp3) is 0.893. The topological polar surface area (TPSA) is 151 Å². The molecule has 8 nitrogen and oxygen atoms in total. The maximum Gasteiger partial charge on any atom is 0.159 e. The van der Waals surface area contributed by atoms with E-state index in [0.29, 0.717) is 18.4 Å². The zero-order valence-corrected chi connectivity index (χ0v) is 22.3. The molecule has 204 valence electrons. The fourth-order valence-corrected chi connectivity index (χ4v) is 9.00. The highest BCUT2D eigenvalue weighted by Crippen LogP contribution is 2.69. The molecule has 36 heavy (non-hydrogen) atoms. The molecule has 1 heterocycles. The van der Waals surface area contributed by atoms with Gasteiger partial charge < -0.3 is 35.4 Å². The van der Waals surface area contributed by atoms with Crippen molar-refractivity contribution in [3.63, 3.8) is 0 Å². The van der Waals surface area contributed by atoms with Gasteiger partial charge in [-0.1, -0.05) is 20.8 Å². The van der Waals surface area contributed by atoms with Crippen molar-refractivity contribution in [1.29, 1.82) is 0 Å². The van der Waals surface area contributed by atoms with Crippen LogP contribution in [0.15, 0.2) is 11.6 Å². The van der Waals surface area contributed by atoms with Gasteiger partial charge in [-0.05, 0) is 75.9 Å². The van der Waals surface area contributed by atoms with Crippen molar-refractivity contribution in [2.75, 3.05) is 0 Å². The van der Waals surface area contributed by atoms with Gasteiger partial charge in [-0.25, -0.2) is 0 Å². The van der Waals surface area contributed by atoms with Gasteiger partial charge >= 0.3 is 0 Å². The first-order valence-corrected chi connectivity index (χ1v) is 13.5. The van der Waals surface area contributed by atoms with E-state index in [1.165, 1.54) is 6.08 Å². The van der Waals surface area contributed by atoms with Crippen LogP contribution in [0.3, 0.4) is 0 Å². The molecule has 3 saturated carbocycles. The number of hydrogen-bond donors (Lipinski definition) is 6. The van der Waals surface area contributed by atoms with Crippen molar-refractivity contribution < 1.29 is 40.2 Å². The van der Waals surface area contributed by atoms with Crippen LogP contribution in [0.5, 0.6) is 0 Å². The minimum Gasteiger partial charge on any atom is -0.392 e. The first-order chi connectivity index (χ1) is 16.4. The number of carbonyl (C=O) groups is 1. The highest BCUT2D eigenvalue weighted by molar-refractivity contribution is 5.95. The summed E-state index contributed by atoms with van der Waals surface area (Å²) in [4.78, 5) is 13.3. The Morgan fingerprint density at radius 1 is 1.06 bits per heavy atom. The average Bonchev–Trinajstić information content (AvgIpc) is 3.49. The lowest BCUT2D eigenvalue weighted by Crippen LogP contribution is -2.66. The van der Waals surface area contributed by atoms with E-state index in [9.17, 15) is 35.4 Å². The van der Waals surface area contributed by atoms with Crippen molar-refractivity contribution in [3.05, 3.63) is 11.6 Å². The molecule has 5 aliphatic rings. The molecule has 0 amide bonds. The van der Waals surface area contributed by atoms with E-state index in [4.69, 9.17) is 4.74 Å². The Hall–Kier alpha value is -0.870. The van der Waals surface area contributed by atoms with Crippen molar-refractivity contribution in [1.82, 2.24) is 0 Å². The van der Waals surface area contributed by atoms with E-state index in [-0.39, 0.29) is 37.1 Å². The van der Waals surface area contributed by atoms with Gasteiger partial charge in [0.25, 0.3) is 0 Å². The van der Waals surface area contributed by atoms with E-state index in [1.54, 1.807) is 20.8 Å². The van der Waals surface area contributed by atoms with Crippen LogP contribution in [0.1, 0.15) is 73.6 Å². The van der Waals surface area contributed by atoms with Gasteiger partial charge in [-0.2, -0.15) is 0 Å². The molecule has 0 spiro atoms. The molecule has 0 radical (unpaired) electrons. The summed E-state index contributed by atoms with van der Waals surface area (Å²) in [7, 11) is 0. The molecular formula is C28H44O8. The van der Waals surface area contributed by atoms with Crippen LogP contribution in [0.25, 0.3) is 0 Å². The maximum absolute atomic E-state index is 13.3. The number of rotatable bonds is 4. The van der Waals surface area contributed by atoms with Crippen LogP contribution in [-0.4, -0.2) is 83.7 Å². The molecule has 4 aliphatic carbocycles. The Morgan fingerprint density at radius 2 is 1.69 bits per heavy atom. The predicted octanol–water partition coefficient (Wildman–Crippen LogP) is 1.09. The molecule has 13 atom stereocenters. The van der Waals surface area contributed by atoms with Gasteiger partial charge in [0.1, 0.15) is 6.10 Å². The Kier molecular flexibility index (Phi) is 5.82. The molecular weight excluding hydrogens is 464 g/mol. The van der Waals surface area contributed by atoms with E-state index >= 15 is 0 Å². The first kappa shape index (κ1) is 26.7. The second kappa shape index (κ2) is 7.84. The average molecular weight is 509 g/mol. The number of epoxide rings is 1. The highest BCUT2D eigenvalue weighted by Gasteiger charge is 2.73. The molecule has 0 aromatic rings. The Bertz CT molecular complexity index is 969. The normalized spacial score (nSPS) is 53.0. The highest BCUT2D eigenvalue weighted by atomic mass is 16.6. The van der Waals surface area contributed by atoms with Crippen molar-refractivity contribution in [2.24, 2.45) is 34.5 Å². The van der Waals surface area contributed by atoms with Gasteiger partial charge in [0.05, 0.1) is 41.2 Å². The van der Waals surface area contributed by atoms with Gasteiger partial charge in [0.2, 0.25) is 0 Å². The molecule has 1 unspecified atom stereocenters. The number of aliphatic hydroxyl groups excluding tert-OH is 3. The molecule has 1 saturated heterocycles. The molecule has 6 N–H and O–H groups in total. The van der Waals surface area contributed by atoms with Crippen LogP contribution in [0, 0.1) is 34.5 Å². The third-order valence-electron chi connectivity index (χ3n) is 11.5. The lowest BCUT2D eigenvalue weighted by Gasteiger charge is -2.62. The van der Waals surface area contributed by atoms with Gasteiger partial charge in [-0.3, -0.25) is 4.79 Å². The van der Waals surface area contributed by atoms with Crippen LogP contribution < -0.4 is 0 Å². The smallest absolute Gasteiger partial charge is 0.159 e. The summed E-state index contributed by atoms with van der Waals surface area (Å²) >= 11 is 0. The van der Waals surface area contributed by atoms with Crippen LogP contribution in [-0.2, 0) is 9.53 Å². The predicted molar refractivity (Wildman–Crippen MR) is 131 cm³/mol. The summed E-state index contributed by atoms with van der Waals surface area (Å²) in [5.74, 6) is -1.85. The Morgan fingerprint density at radius 3 is 2.31 bits per heavy atom. The summed E-state index contributed by atoms with van der Waals surface area (Å²) < 4.78 is 5.92. The zero-order chi connectivity index (χ0) is 26.8. The van der Waals surface area contributed by atoms with Crippen molar-refractivity contribution >= 4 is 5.78 Å². The number of ketones is 1. The van der Waals surface area contributed by atoms with Gasteiger partial charge in [0.15, 0.2) is 5.78 Å². The maximum atomic E-state index is 13.3. The van der Waals surface area contributed by atoms with Crippen LogP contribution in [0.4, 0.5) is 0 Å². The summed E-state index contributed by atoms with van der Waals surface area (Å²) in [5.41, 5.74) is -4.88.